The van der Waals surface area contributed by atoms with Gasteiger partial charge in [0.2, 0.25) is 5.88 Å². The molecular weight excluding hydrogens is 399 g/mol. The van der Waals surface area contributed by atoms with E-state index in [4.69, 9.17) is 22.1 Å². The molecule has 0 aliphatic heterocycles. The summed E-state index contributed by atoms with van der Waals surface area (Å²) in [5.41, 5.74) is 5.81. The Labute approximate surface area is 166 Å². The molecule has 0 radical (unpaired) electrons. The van der Waals surface area contributed by atoms with Gasteiger partial charge in [-0.1, -0.05) is 11.6 Å². The largest absolute Gasteiger partial charge is 0.437 e. The van der Waals surface area contributed by atoms with Crippen molar-refractivity contribution in [2.24, 2.45) is 5.73 Å². The minimum Gasteiger partial charge on any atom is -0.437 e. The number of halogens is 4. The summed E-state index contributed by atoms with van der Waals surface area (Å²) in [6.07, 6.45) is 4.09. The maximum Gasteiger partial charge on any atom is 0.257 e. The number of pyridine rings is 1. The number of hydrogen-bond donors (Lipinski definition) is 2. The van der Waals surface area contributed by atoms with E-state index in [1.807, 2.05) is 0 Å². The van der Waals surface area contributed by atoms with Crippen LogP contribution in [-0.4, -0.2) is 23.0 Å². The van der Waals surface area contributed by atoms with Crippen molar-refractivity contribution in [1.29, 1.82) is 0 Å². The van der Waals surface area contributed by atoms with Gasteiger partial charge in [0.15, 0.2) is 0 Å². The third kappa shape index (κ3) is 5.51. The molecule has 1 saturated carbocycles. The number of nitrogens with one attached hydrogen (secondary N) is 1. The summed E-state index contributed by atoms with van der Waals surface area (Å²) >= 11 is 5.93. The fourth-order valence-electron chi connectivity index (χ4n) is 2.86. The Kier molecular flexibility index (Phi) is 7.35. The molecule has 5 nitrogen and oxygen atoms in total. The van der Waals surface area contributed by atoms with Crippen LogP contribution in [0.15, 0.2) is 30.5 Å². The Morgan fingerprint density at radius 3 is 2.56 bits per heavy atom. The van der Waals surface area contributed by atoms with Crippen molar-refractivity contribution < 1.29 is 18.3 Å². The van der Waals surface area contributed by atoms with Gasteiger partial charge < -0.3 is 15.8 Å². The molecule has 0 unspecified atom stereocenters. The van der Waals surface area contributed by atoms with Gasteiger partial charge in [-0.15, -0.1) is 12.4 Å². The van der Waals surface area contributed by atoms with Gasteiger partial charge in [0, 0.05) is 12.1 Å². The van der Waals surface area contributed by atoms with Crippen molar-refractivity contribution in [3.05, 3.63) is 52.7 Å². The van der Waals surface area contributed by atoms with E-state index in [0.29, 0.717) is 0 Å². The van der Waals surface area contributed by atoms with Crippen LogP contribution >= 0.6 is 24.0 Å². The Morgan fingerprint density at radius 1 is 1.19 bits per heavy atom. The zero-order chi connectivity index (χ0) is 18.7. The second-order valence-corrected chi connectivity index (χ2v) is 6.68. The summed E-state index contributed by atoms with van der Waals surface area (Å²) in [4.78, 5) is 16.4. The highest BCUT2D eigenvalue weighted by Crippen LogP contribution is 2.31. The van der Waals surface area contributed by atoms with Crippen molar-refractivity contribution in [3.8, 4) is 11.6 Å². The standard InChI is InChI=1S/C18H18ClF2N3O2.ClH/c19-15-8-10(20)1-6-16(15)26-18-14(7-11(21)9-23-18)17(25)24-13-4-2-12(22)3-5-13;/h1,6-9,12-13H,2-5,22H2,(H,24,25);1H. The first-order valence-electron chi connectivity index (χ1n) is 8.27. The van der Waals surface area contributed by atoms with Crippen molar-refractivity contribution >= 4 is 29.9 Å². The summed E-state index contributed by atoms with van der Waals surface area (Å²) in [6, 6.07) is 4.71. The average molecular weight is 418 g/mol. The van der Waals surface area contributed by atoms with Gasteiger partial charge in [0.1, 0.15) is 22.9 Å². The lowest BCUT2D eigenvalue weighted by molar-refractivity contribution is 0.0922. The van der Waals surface area contributed by atoms with Gasteiger partial charge in [-0.2, -0.15) is 0 Å². The Balaban J connectivity index is 0.00000261. The fraction of sp³-hybridized carbons (Fsp3) is 0.333. The number of aromatic nitrogens is 1. The van der Waals surface area contributed by atoms with E-state index in [9.17, 15) is 13.6 Å². The smallest absolute Gasteiger partial charge is 0.257 e. The molecule has 1 aliphatic carbocycles. The average Bonchev–Trinajstić information content (AvgIpc) is 2.60. The van der Waals surface area contributed by atoms with Crippen LogP contribution in [0.1, 0.15) is 36.0 Å². The second-order valence-electron chi connectivity index (χ2n) is 6.27. The molecule has 1 aliphatic rings. The normalized spacial score (nSPS) is 19.1. The second kappa shape index (κ2) is 9.30. The van der Waals surface area contributed by atoms with Gasteiger partial charge in [-0.05, 0) is 49.9 Å². The maximum absolute atomic E-state index is 13.6. The van der Waals surface area contributed by atoms with Crippen molar-refractivity contribution in [2.45, 2.75) is 37.8 Å². The number of nitrogens with two attached hydrogens (primary N) is 1. The molecule has 27 heavy (non-hydrogen) atoms. The van der Waals surface area contributed by atoms with Crippen molar-refractivity contribution in [1.82, 2.24) is 10.3 Å². The molecule has 2 aromatic rings. The molecule has 1 amide bonds. The van der Waals surface area contributed by atoms with Gasteiger partial charge >= 0.3 is 0 Å². The van der Waals surface area contributed by atoms with E-state index >= 15 is 0 Å². The summed E-state index contributed by atoms with van der Waals surface area (Å²) < 4.78 is 32.3. The highest BCUT2D eigenvalue weighted by molar-refractivity contribution is 6.32. The van der Waals surface area contributed by atoms with E-state index in [1.165, 1.54) is 6.07 Å². The number of ether oxygens (including phenoxy) is 1. The lowest BCUT2D eigenvalue weighted by atomic mass is 9.91. The van der Waals surface area contributed by atoms with Crippen LogP contribution < -0.4 is 15.8 Å². The van der Waals surface area contributed by atoms with Crippen LogP contribution in [0.4, 0.5) is 8.78 Å². The predicted molar refractivity (Wildman–Crippen MR) is 101 cm³/mol. The first-order valence-corrected chi connectivity index (χ1v) is 8.65. The molecule has 3 rings (SSSR count). The molecule has 0 saturated heterocycles. The highest BCUT2D eigenvalue weighted by atomic mass is 35.5. The monoisotopic (exact) mass is 417 g/mol. The van der Waals surface area contributed by atoms with Crippen LogP contribution in [0.3, 0.4) is 0 Å². The van der Waals surface area contributed by atoms with Crippen LogP contribution in [0, 0.1) is 11.6 Å². The maximum atomic E-state index is 13.6. The number of hydrogen-bond acceptors (Lipinski definition) is 4. The van der Waals surface area contributed by atoms with Gasteiger partial charge in [-0.25, -0.2) is 13.8 Å². The fourth-order valence-corrected chi connectivity index (χ4v) is 3.07. The van der Waals surface area contributed by atoms with Gasteiger partial charge in [-0.3, -0.25) is 4.79 Å². The first-order chi connectivity index (χ1) is 12.4. The minimum absolute atomic E-state index is 0. The van der Waals surface area contributed by atoms with Gasteiger partial charge in [0.05, 0.1) is 11.2 Å². The summed E-state index contributed by atoms with van der Waals surface area (Å²) in [7, 11) is 0. The van der Waals surface area contributed by atoms with Crippen molar-refractivity contribution in [3.63, 3.8) is 0 Å². The van der Waals surface area contributed by atoms with E-state index < -0.39 is 17.5 Å². The van der Waals surface area contributed by atoms with Crippen LogP contribution in [0.5, 0.6) is 11.6 Å². The van der Waals surface area contributed by atoms with E-state index in [1.54, 1.807) is 0 Å². The Bertz CT molecular complexity index is 815. The third-order valence-electron chi connectivity index (χ3n) is 4.27. The number of benzene rings is 1. The highest BCUT2D eigenvalue weighted by Gasteiger charge is 2.23. The third-order valence-corrected chi connectivity index (χ3v) is 4.57. The number of carbonyl (C=O) groups is 1. The lowest BCUT2D eigenvalue weighted by Crippen LogP contribution is -2.40. The molecule has 0 atom stereocenters. The molecule has 3 N–H and O–H groups in total. The molecular formula is C18H19Cl2F2N3O2. The number of rotatable bonds is 4. The molecule has 9 heteroatoms. The van der Waals surface area contributed by atoms with Gasteiger partial charge in [0.25, 0.3) is 5.91 Å². The molecule has 1 aromatic heterocycles. The van der Waals surface area contributed by atoms with Crippen molar-refractivity contribution in [2.75, 3.05) is 0 Å². The van der Waals surface area contributed by atoms with Crippen LogP contribution in [0.25, 0.3) is 0 Å². The number of nitrogens with zero attached hydrogens (tertiary/aromatic N) is 1. The molecule has 1 fully saturated rings. The Hall–Kier alpha value is -1.96. The molecule has 0 spiro atoms. The lowest BCUT2D eigenvalue weighted by Gasteiger charge is -2.27. The summed E-state index contributed by atoms with van der Waals surface area (Å²) in [5.74, 6) is -1.68. The SMILES string of the molecule is Cl.NC1CCC(NC(=O)c2cc(F)cnc2Oc2ccc(F)cc2Cl)CC1. The zero-order valence-corrected chi connectivity index (χ0v) is 15.8. The van der Waals surface area contributed by atoms with E-state index in [-0.39, 0.29) is 46.7 Å². The predicted octanol–water partition coefficient (Wildman–Crippen LogP) is 4.23. The van der Waals surface area contributed by atoms with E-state index in [2.05, 4.69) is 10.3 Å². The zero-order valence-electron chi connectivity index (χ0n) is 14.3. The first kappa shape index (κ1) is 21.3. The van der Waals surface area contributed by atoms with Crippen LogP contribution in [0.2, 0.25) is 5.02 Å². The molecule has 1 heterocycles. The summed E-state index contributed by atoms with van der Waals surface area (Å²) in [5, 5.41) is 2.88. The number of amides is 1. The van der Waals surface area contributed by atoms with E-state index in [0.717, 1.165) is 50.1 Å². The Morgan fingerprint density at radius 2 is 1.89 bits per heavy atom. The molecule has 146 valence electrons. The number of carbonyl (C=O) groups excluding carboxylic acids is 1. The minimum atomic E-state index is -0.668. The topological polar surface area (TPSA) is 77.2 Å². The summed E-state index contributed by atoms with van der Waals surface area (Å²) in [6.45, 7) is 0. The molecule has 0 bridgehead atoms. The van der Waals surface area contributed by atoms with Crippen LogP contribution in [-0.2, 0) is 0 Å². The quantitative estimate of drug-likeness (QED) is 0.780. The molecule has 1 aromatic carbocycles.